The quantitative estimate of drug-likeness (QED) is 0.430. The smallest absolute Gasteiger partial charge is 0.338 e. The molecule has 0 aromatic heterocycles. The lowest BCUT2D eigenvalue weighted by atomic mass is 9.67. The molecule has 0 radical (unpaired) electrons. The lowest BCUT2D eigenvalue weighted by Crippen LogP contribution is -2.27. The van der Waals surface area contributed by atoms with Gasteiger partial charge in [0.15, 0.2) is 0 Å². The topological polar surface area (TPSA) is 38.3 Å². The highest BCUT2D eigenvalue weighted by Crippen LogP contribution is 2.44. The summed E-state index contributed by atoms with van der Waals surface area (Å²) in [6.07, 6.45) is 3.63. The Morgan fingerprint density at radius 2 is 1.53 bits per heavy atom. The fraction of sp³-hybridized carbons (Fsp3) is 0.500. The molecule has 0 saturated heterocycles. The number of hydrogen-bond donors (Lipinski definition) is 1. The van der Waals surface area contributed by atoms with E-state index in [1.165, 1.54) is 40.7 Å². The minimum atomic E-state index is -0.279. The van der Waals surface area contributed by atoms with Crippen LogP contribution < -0.4 is 5.32 Å². The summed E-state index contributed by atoms with van der Waals surface area (Å²) in [5.41, 5.74) is 11.3. The third-order valence-electron chi connectivity index (χ3n) is 6.89. The predicted molar refractivity (Wildman–Crippen MR) is 149 cm³/mol. The van der Waals surface area contributed by atoms with Crippen molar-refractivity contribution in [3.63, 3.8) is 0 Å². The summed E-state index contributed by atoms with van der Waals surface area (Å²) >= 11 is 0. The van der Waals surface area contributed by atoms with Crippen molar-refractivity contribution in [3.8, 4) is 0 Å². The van der Waals surface area contributed by atoms with Crippen LogP contribution in [0.3, 0.4) is 0 Å². The van der Waals surface area contributed by atoms with Crippen molar-refractivity contribution >= 4 is 23.9 Å². The Morgan fingerprint density at radius 1 is 0.971 bits per heavy atom. The lowest BCUT2D eigenvalue weighted by molar-refractivity contribution is 0.0526. The maximum Gasteiger partial charge on any atom is 0.338 e. The molecule has 0 saturated carbocycles. The highest BCUT2D eigenvalue weighted by Gasteiger charge is 2.32. The number of carbonyl (C=O) groups excluding carboxylic acids is 1. The number of ether oxygens (including phenoxy) is 1. The largest absolute Gasteiger partial charge is 0.462 e. The van der Waals surface area contributed by atoms with E-state index in [4.69, 9.17) is 4.74 Å². The second-order valence-electron chi connectivity index (χ2n) is 9.57. The van der Waals surface area contributed by atoms with E-state index in [1.54, 1.807) is 5.56 Å². The van der Waals surface area contributed by atoms with Gasteiger partial charge in [0.25, 0.3) is 0 Å². The van der Waals surface area contributed by atoms with Gasteiger partial charge in [-0.1, -0.05) is 46.4 Å². The standard InChI is InChI=1S/C26H32O2.C4H11N.ClH/c1-8-28-25(27)21-13-11-20(12-14-21)18(4)23-16(2)17(3)24-22(19(23)5)10-9-15-26(24,6)7;1-3-5-4-2;/h11-14H,4,8-10,15H2,1-3,5-7H3;5H,3-4H2,1-2H3;1H. The Balaban J connectivity index is 0.000000873. The Kier molecular flexibility index (Phi) is 11.5. The minimum absolute atomic E-state index is 0. The molecule has 4 heteroatoms. The van der Waals surface area contributed by atoms with Crippen LogP contribution in [-0.4, -0.2) is 25.7 Å². The molecule has 188 valence electrons. The van der Waals surface area contributed by atoms with Crippen molar-refractivity contribution < 1.29 is 9.53 Å². The zero-order chi connectivity index (χ0) is 24.8. The Hall–Kier alpha value is -2.10. The Labute approximate surface area is 213 Å². The zero-order valence-corrected chi connectivity index (χ0v) is 23.3. The maximum atomic E-state index is 11.9. The number of nitrogens with one attached hydrogen (secondary N) is 1. The molecule has 0 bridgehead atoms. The molecule has 2 aromatic rings. The first-order valence-corrected chi connectivity index (χ1v) is 12.4. The van der Waals surface area contributed by atoms with E-state index >= 15 is 0 Å². The van der Waals surface area contributed by atoms with E-state index in [0.717, 1.165) is 30.6 Å². The third-order valence-corrected chi connectivity index (χ3v) is 6.89. The average Bonchev–Trinajstić information content (AvgIpc) is 2.78. The number of halogens is 1. The summed E-state index contributed by atoms with van der Waals surface area (Å²) in [4.78, 5) is 11.9. The highest BCUT2D eigenvalue weighted by molar-refractivity contribution is 5.91. The van der Waals surface area contributed by atoms with E-state index in [0.29, 0.717) is 12.2 Å². The van der Waals surface area contributed by atoms with Crippen molar-refractivity contribution in [3.05, 3.63) is 75.4 Å². The third kappa shape index (κ3) is 6.52. The van der Waals surface area contributed by atoms with Crippen molar-refractivity contribution in [2.45, 2.75) is 80.1 Å². The summed E-state index contributed by atoms with van der Waals surface area (Å²) in [7, 11) is 0. The monoisotopic (exact) mass is 485 g/mol. The second-order valence-corrected chi connectivity index (χ2v) is 9.57. The number of hydrogen-bond acceptors (Lipinski definition) is 3. The molecule has 0 unspecified atom stereocenters. The van der Waals surface area contributed by atoms with E-state index in [1.807, 2.05) is 31.2 Å². The molecule has 0 heterocycles. The van der Waals surface area contributed by atoms with Crippen molar-refractivity contribution in [1.82, 2.24) is 5.32 Å². The minimum Gasteiger partial charge on any atom is -0.462 e. The van der Waals surface area contributed by atoms with Crippen LogP contribution in [0, 0.1) is 20.8 Å². The van der Waals surface area contributed by atoms with Crippen LogP contribution >= 0.6 is 12.4 Å². The molecule has 0 fully saturated rings. The lowest BCUT2D eigenvalue weighted by Gasteiger charge is -2.37. The van der Waals surface area contributed by atoms with Crippen LogP contribution in [0.25, 0.3) is 5.57 Å². The first-order chi connectivity index (χ1) is 15.6. The van der Waals surface area contributed by atoms with Crippen LogP contribution in [-0.2, 0) is 16.6 Å². The van der Waals surface area contributed by atoms with Crippen molar-refractivity contribution in [2.24, 2.45) is 0 Å². The zero-order valence-electron chi connectivity index (χ0n) is 22.5. The van der Waals surface area contributed by atoms with Crippen molar-refractivity contribution in [1.29, 1.82) is 0 Å². The van der Waals surface area contributed by atoms with Gasteiger partial charge in [-0.15, -0.1) is 12.4 Å². The number of carbonyl (C=O) groups is 1. The van der Waals surface area contributed by atoms with Gasteiger partial charge in [-0.05, 0) is 122 Å². The molecule has 34 heavy (non-hydrogen) atoms. The van der Waals surface area contributed by atoms with E-state index in [9.17, 15) is 4.79 Å². The van der Waals surface area contributed by atoms with Gasteiger partial charge >= 0.3 is 5.97 Å². The number of esters is 1. The number of fused-ring (bicyclic) bond motifs is 1. The van der Waals surface area contributed by atoms with Crippen LogP contribution in [0.4, 0.5) is 0 Å². The molecule has 3 rings (SSSR count). The summed E-state index contributed by atoms with van der Waals surface area (Å²) < 4.78 is 5.09. The van der Waals surface area contributed by atoms with Gasteiger partial charge in [-0.2, -0.15) is 0 Å². The van der Waals surface area contributed by atoms with Crippen LogP contribution in [0.15, 0.2) is 30.8 Å². The van der Waals surface area contributed by atoms with Crippen LogP contribution in [0.5, 0.6) is 0 Å². The van der Waals surface area contributed by atoms with Gasteiger partial charge in [-0.25, -0.2) is 4.79 Å². The fourth-order valence-corrected chi connectivity index (χ4v) is 5.15. The predicted octanol–water partition coefficient (Wildman–Crippen LogP) is 7.50. The SMILES string of the molecule is C=C(c1ccc(C(=O)OCC)cc1)c1c(C)c(C)c2c(c1C)CCCC2(C)C.CCNCC.Cl. The number of benzene rings is 2. The van der Waals surface area contributed by atoms with E-state index < -0.39 is 0 Å². The maximum absolute atomic E-state index is 11.9. The molecule has 1 N–H and O–H groups in total. The van der Waals surface area contributed by atoms with Crippen LogP contribution in [0.1, 0.15) is 96.8 Å². The van der Waals surface area contributed by atoms with Gasteiger partial charge < -0.3 is 10.1 Å². The second kappa shape index (κ2) is 13.1. The Bertz CT molecular complexity index is 988. The molecule has 0 spiro atoms. The summed E-state index contributed by atoms with van der Waals surface area (Å²) in [6.45, 7) is 24.5. The average molecular weight is 486 g/mol. The normalized spacial score (nSPS) is 13.6. The highest BCUT2D eigenvalue weighted by atomic mass is 35.5. The van der Waals surface area contributed by atoms with Gasteiger partial charge in [0.05, 0.1) is 12.2 Å². The van der Waals surface area contributed by atoms with Gasteiger partial charge in [0.2, 0.25) is 0 Å². The molecular weight excluding hydrogens is 442 g/mol. The molecule has 1 aliphatic carbocycles. The molecule has 1 aliphatic rings. The molecule has 3 nitrogen and oxygen atoms in total. The van der Waals surface area contributed by atoms with Gasteiger partial charge in [-0.3, -0.25) is 0 Å². The fourth-order valence-electron chi connectivity index (χ4n) is 5.15. The van der Waals surface area contributed by atoms with Crippen molar-refractivity contribution in [2.75, 3.05) is 19.7 Å². The molecule has 0 atom stereocenters. The summed E-state index contributed by atoms with van der Waals surface area (Å²) in [5, 5.41) is 3.11. The number of rotatable bonds is 6. The first-order valence-electron chi connectivity index (χ1n) is 12.4. The summed E-state index contributed by atoms with van der Waals surface area (Å²) in [5.74, 6) is -0.279. The summed E-state index contributed by atoms with van der Waals surface area (Å²) in [6, 6.07) is 7.62. The van der Waals surface area contributed by atoms with Crippen LogP contribution in [0.2, 0.25) is 0 Å². The molecule has 0 amide bonds. The molecule has 0 aliphatic heterocycles. The Morgan fingerprint density at radius 3 is 2.03 bits per heavy atom. The van der Waals surface area contributed by atoms with Gasteiger partial charge in [0, 0.05) is 0 Å². The molecule has 2 aromatic carbocycles. The van der Waals surface area contributed by atoms with Gasteiger partial charge in [0.1, 0.15) is 0 Å². The molecular formula is C30H44ClNO2. The van der Waals surface area contributed by atoms with E-state index in [2.05, 4.69) is 60.4 Å². The van der Waals surface area contributed by atoms with E-state index in [-0.39, 0.29) is 23.8 Å². The first kappa shape index (κ1) is 29.9.